The van der Waals surface area contributed by atoms with Crippen LogP contribution < -0.4 is 4.74 Å². The molecule has 1 N–H and O–H groups in total. The van der Waals surface area contributed by atoms with Gasteiger partial charge in [-0.3, -0.25) is 4.79 Å². The van der Waals surface area contributed by atoms with Gasteiger partial charge in [0.1, 0.15) is 5.75 Å². The van der Waals surface area contributed by atoms with Crippen molar-refractivity contribution in [2.24, 2.45) is 0 Å². The second-order valence-corrected chi connectivity index (χ2v) is 3.94. The number of aromatic nitrogens is 2. The van der Waals surface area contributed by atoms with E-state index in [1.807, 2.05) is 31.2 Å². The highest BCUT2D eigenvalue weighted by Crippen LogP contribution is 2.18. The first-order valence-corrected chi connectivity index (χ1v) is 5.51. The van der Waals surface area contributed by atoms with E-state index in [0.717, 1.165) is 22.7 Å². The third-order valence-corrected chi connectivity index (χ3v) is 2.77. The number of hydrogen-bond donors (Lipinski definition) is 1. The predicted molar refractivity (Wildman–Crippen MR) is 66.2 cm³/mol. The number of benzene rings is 1. The zero-order valence-corrected chi connectivity index (χ0v) is 10.3. The van der Waals surface area contributed by atoms with Gasteiger partial charge in [-0.05, 0) is 31.2 Å². The van der Waals surface area contributed by atoms with E-state index < -0.39 is 5.97 Å². The highest BCUT2D eigenvalue weighted by molar-refractivity contribution is 5.70. The van der Waals surface area contributed by atoms with Crippen molar-refractivity contribution >= 4 is 5.97 Å². The van der Waals surface area contributed by atoms with Gasteiger partial charge in [0.2, 0.25) is 0 Å². The van der Waals surface area contributed by atoms with E-state index in [4.69, 9.17) is 9.84 Å². The minimum atomic E-state index is -0.854. The number of carboxylic acids is 1. The summed E-state index contributed by atoms with van der Waals surface area (Å²) in [5.41, 5.74) is 2.44. The summed E-state index contributed by atoms with van der Waals surface area (Å²) >= 11 is 0. The first-order chi connectivity index (χ1) is 8.61. The molecule has 0 fully saturated rings. The molecule has 0 amide bonds. The Balaban J connectivity index is 2.32. The van der Waals surface area contributed by atoms with Crippen LogP contribution in [0, 0.1) is 6.92 Å². The number of nitrogens with zero attached hydrogens (tertiary/aromatic N) is 2. The van der Waals surface area contributed by atoms with Gasteiger partial charge in [-0.25, -0.2) is 4.68 Å². The molecule has 0 aliphatic rings. The largest absolute Gasteiger partial charge is 0.497 e. The summed E-state index contributed by atoms with van der Waals surface area (Å²) in [6.45, 7) is 1.86. The standard InChI is InChI=1S/C13H14N2O3/c1-9-10(7-13(16)17)8-14-15(9)11-3-5-12(18-2)6-4-11/h3-6,8H,7H2,1-2H3,(H,16,17). The molecule has 0 spiro atoms. The third kappa shape index (κ3) is 2.34. The number of carbonyl (C=O) groups is 1. The lowest BCUT2D eigenvalue weighted by Gasteiger charge is -2.06. The van der Waals surface area contributed by atoms with E-state index in [1.54, 1.807) is 18.0 Å². The molecule has 5 heteroatoms. The maximum Gasteiger partial charge on any atom is 0.307 e. The molecule has 0 saturated heterocycles. The lowest BCUT2D eigenvalue weighted by atomic mass is 10.2. The van der Waals surface area contributed by atoms with Crippen LogP contribution in [0.1, 0.15) is 11.3 Å². The number of rotatable bonds is 4. The second-order valence-electron chi connectivity index (χ2n) is 3.94. The Morgan fingerprint density at radius 1 is 1.39 bits per heavy atom. The molecule has 0 unspecified atom stereocenters. The fraction of sp³-hybridized carbons (Fsp3) is 0.231. The molecule has 0 saturated carbocycles. The van der Waals surface area contributed by atoms with Gasteiger partial charge in [0.15, 0.2) is 0 Å². The number of aliphatic carboxylic acids is 1. The van der Waals surface area contributed by atoms with Gasteiger partial charge in [-0.2, -0.15) is 5.10 Å². The van der Waals surface area contributed by atoms with Crippen LogP contribution >= 0.6 is 0 Å². The van der Waals surface area contributed by atoms with Gasteiger partial charge in [0.05, 0.1) is 25.4 Å². The van der Waals surface area contributed by atoms with Gasteiger partial charge in [-0.1, -0.05) is 0 Å². The van der Waals surface area contributed by atoms with E-state index in [1.165, 1.54) is 0 Å². The van der Waals surface area contributed by atoms with Crippen LogP contribution in [-0.4, -0.2) is 28.0 Å². The molecule has 2 rings (SSSR count). The summed E-state index contributed by atoms with van der Waals surface area (Å²) in [6.07, 6.45) is 1.58. The average molecular weight is 246 g/mol. The molecule has 18 heavy (non-hydrogen) atoms. The summed E-state index contributed by atoms with van der Waals surface area (Å²) in [4.78, 5) is 10.7. The topological polar surface area (TPSA) is 64.4 Å². The number of ether oxygens (including phenoxy) is 1. The van der Waals surface area contributed by atoms with Gasteiger partial charge < -0.3 is 9.84 Å². The summed E-state index contributed by atoms with van der Waals surface area (Å²) in [7, 11) is 1.61. The zero-order valence-electron chi connectivity index (χ0n) is 10.3. The first kappa shape index (κ1) is 12.2. The Kier molecular flexibility index (Phi) is 3.32. The van der Waals surface area contributed by atoms with Gasteiger partial charge >= 0.3 is 5.97 Å². The Hall–Kier alpha value is -2.30. The minimum Gasteiger partial charge on any atom is -0.497 e. The molecule has 1 aromatic carbocycles. The van der Waals surface area contributed by atoms with Crippen molar-refractivity contribution in [1.29, 1.82) is 0 Å². The SMILES string of the molecule is COc1ccc(-n2ncc(CC(=O)O)c2C)cc1. The van der Waals surface area contributed by atoms with Crippen molar-refractivity contribution in [3.05, 3.63) is 41.7 Å². The van der Waals surface area contributed by atoms with Crippen LogP contribution in [0.2, 0.25) is 0 Å². The molecule has 0 bridgehead atoms. The van der Waals surface area contributed by atoms with Crippen LogP contribution in [0.25, 0.3) is 5.69 Å². The highest BCUT2D eigenvalue weighted by atomic mass is 16.5. The van der Waals surface area contributed by atoms with Crippen LogP contribution in [0.3, 0.4) is 0 Å². The second kappa shape index (κ2) is 4.91. The predicted octanol–water partition coefficient (Wildman–Crippen LogP) is 1.82. The number of hydrogen-bond acceptors (Lipinski definition) is 3. The highest BCUT2D eigenvalue weighted by Gasteiger charge is 2.10. The van der Waals surface area contributed by atoms with Gasteiger partial charge in [0, 0.05) is 11.3 Å². The van der Waals surface area contributed by atoms with Crippen molar-refractivity contribution in [2.45, 2.75) is 13.3 Å². The molecule has 0 aliphatic carbocycles. The molecular weight excluding hydrogens is 232 g/mol. The van der Waals surface area contributed by atoms with Crippen LogP contribution in [-0.2, 0) is 11.2 Å². The molecule has 0 aliphatic heterocycles. The molecule has 1 heterocycles. The Morgan fingerprint density at radius 3 is 2.61 bits per heavy atom. The van der Waals surface area contributed by atoms with E-state index in [0.29, 0.717) is 0 Å². The van der Waals surface area contributed by atoms with Crippen LogP contribution in [0.4, 0.5) is 0 Å². The Bertz CT molecular complexity index is 558. The molecule has 5 nitrogen and oxygen atoms in total. The molecule has 1 aromatic heterocycles. The molecule has 94 valence electrons. The lowest BCUT2D eigenvalue weighted by Crippen LogP contribution is -2.03. The van der Waals surface area contributed by atoms with Crippen molar-refractivity contribution < 1.29 is 14.6 Å². The third-order valence-electron chi connectivity index (χ3n) is 2.77. The molecule has 2 aromatic rings. The fourth-order valence-corrected chi connectivity index (χ4v) is 1.76. The maximum atomic E-state index is 10.7. The summed E-state index contributed by atoms with van der Waals surface area (Å²) in [6, 6.07) is 7.44. The van der Waals surface area contributed by atoms with E-state index >= 15 is 0 Å². The van der Waals surface area contributed by atoms with Crippen LogP contribution in [0.5, 0.6) is 5.75 Å². The van der Waals surface area contributed by atoms with Gasteiger partial charge in [-0.15, -0.1) is 0 Å². The van der Waals surface area contributed by atoms with Crippen LogP contribution in [0.15, 0.2) is 30.5 Å². The summed E-state index contributed by atoms with van der Waals surface area (Å²) in [5, 5.41) is 13.0. The maximum absolute atomic E-state index is 10.7. The molecular formula is C13H14N2O3. The normalized spacial score (nSPS) is 10.3. The first-order valence-electron chi connectivity index (χ1n) is 5.51. The summed E-state index contributed by atoms with van der Waals surface area (Å²) < 4.78 is 6.81. The molecule has 0 radical (unpaired) electrons. The monoisotopic (exact) mass is 246 g/mol. The van der Waals surface area contributed by atoms with Crippen molar-refractivity contribution in [1.82, 2.24) is 9.78 Å². The van der Waals surface area contributed by atoms with Crippen molar-refractivity contribution in [3.8, 4) is 11.4 Å². The van der Waals surface area contributed by atoms with Gasteiger partial charge in [0.25, 0.3) is 0 Å². The number of carboxylic acid groups (broad SMARTS) is 1. The minimum absolute atomic E-state index is 0.0119. The lowest BCUT2D eigenvalue weighted by molar-refractivity contribution is -0.136. The van der Waals surface area contributed by atoms with E-state index in [-0.39, 0.29) is 6.42 Å². The van der Waals surface area contributed by atoms with E-state index in [9.17, 15) is 4.79 Å². The van der Waals surface area contributed by atoms with Crippen molar-refractivity contribution in [3.63, 3.8) is 0 Å². The fourth-order valence-electron chi connectivity index (χ4n) is 1.76. The zero-order chi connectivity index (χ0) is 13.1. The summed E-state index contributed by atoms with van der Waals surface area (Å²) in [5.74, 6) is -0.0818. The molecule has 0 atom stereocenters. The Morgan fingerprint density at radius 2 is 2.06 bits per heavy atom. The number of methoxy groups -OCH3 is 1. The van der Waals surface area contributed by atoms with E-state index in [2.05, 4.69) is 5.10 Å². The Labute approximate surface area is 105 Å². The van der Waals surface area contributed by atoms with Crippen molar-refractivity contribution in [2.75, 3.05) is 7.11 Å². The smallest absolute Gasteiger partial charge is 0.307 e. The average Bonchev–Trinajstić information content (AvgIpc) is 2.71. The quantitative estimate of drug-likeness (QED) is 0.893.